The van der Waals surface area contributed by atoms with E-state index in [0.29, 0.717) is 0 Å². The molecule has 0 aromatic heterocycles. The highest BCUT2D eigenvalue weighted by molar-refractivity contribution is 5.25. The third-order valence-corrected chi connectivity index (χ3v) is 2.61. The molecule has 0 bridgehead atoms. The predicted molar refractivity (Wildman–Crippen MR) is 64.3 cm³/mol. The molecule has 1 aliphatic heterocycles. The number of ether oxygens (including phenoxy) is 1. The molecule has 1 saturated heterocycles. The second-order valence-corrected chi connectivity index (χ2v) is 4.01. The lowest BCUT2D eigenvalue weighted by molar-refractivity contribution is 0.277. The second-order valence-electron chi connectivity index (χ2n) is 4.01. The first-order valence-electron chi connectivity index (χ1n) is 5.45. The van der Waals surface area contributed by atoms with Crippen LogP contribution in [-0.4, -0.2) is 27.3 Å². The fraction of sp³-hybridized carbons (Fsp3) is 0.538. The van der Waals surface area contributed by atoms with Crippen molar-refractivity contribution in [2.24, 2.45) is 0 Å². The van der Waals surface area contributed by atoms with Gasteiger partial charge in [-0.2, -0.15) is 0 Å². The van der Waals surface area contributed by atoms with Crippen LogP contribution >= 0.6 is 0 Å². The van der Waals surface area contributed by atoms with Crippen LogP contribution in [-0.2, 0) is 4.74 Å². The van der Waals surface area contributed by atoms with E-state index < -0.39 is 0 Å². The molecule has 2 heteroatoms. The molecular weight excluding hydrogens is 186 g/mol. The van der Waals surface area contributed by atoms with E-state index in [1.807, 2.05) is 0 Å². The van der Waals surface area contributed by atoms with Crippen molar-refractivity contribution in [3.8, 4) is 0 Å². The number of benzene rings is 1. The van der Waals surface area contributed by atoms with Crippen molar-refractivity contribution in [1.29, 1.82) is 0 Å². The molecule has 1 aliphatic rings. The molecule has 1 atom stereocenters. The van der Waals surface area contributed by atoms with Gasteiger partial charge in [-0.15, -0.1) is 0 Å². The van der Waals surface area contributed by atoms with Crippen LogP contribution in [0.25, 0.3) is 0 Å². The van der Waals surface area contributed by atoms with Gasteiger partial charge >= 0.3 is 0 Å². The monoisotopic (exact) mass is 207 g/mol. The molecule has 84 valence electrons. The van der Waals surface area contributed by atoms with E-state index in [4.69, 9.17) is 0 Å². The van der Waals surface area contributed by atoms with Gasteiger partial charge in [0.1, 0.15) is 0 Å². The van der Waals surface area contributed by atoms with Crippen molar-refractivity contribution in [1.82, 2.24) is 5.32 Å². The molecule has 1 fully saturated rings. The highest BCUT2D eigenvalue weighted by Gasteiger charge is 2.15. The maximum atomic E-state index is 4.25. The molecule has 0 spiro atoms. The van der Waals surface area contributed by atoms with E-state index in [-0.39, 0.29) is 0 Å². The zero-order valence-electron chi connectivity index (χ0n) is 9.92. The molecule has 1 N–H and O–H groups in total. The van der Waals surface area contributed by atoms with Gasteiger partial charge in [0.05, 0.1) is 0 Å². The lowest BCUT2D eigenvalue weighted by Gasteiger charge is -2.07. The van der Waals surface area contributed by atoms with Crippen molar-refractivity contribution in [3.05, 3.63) is 35.4 Å². The summed E-state index contributed by atoms with van der Waals surface area (Å²) in [5.41, 5.74) is 2.84. The normalized spacial score (nSPS) is 19.5. The van der Waals surface area contributed by atoms with E-state index in [9.17, 15) is 0 Å². The van der Waals surface area contributed by atoms with Gasteiger partial charge < -0.3 is 10.1 Å². The van der Waals surface area contributed by atoms with Crippen molar-refractivity contribution < 1.29 is 4.74 Å². The van der Waals surface area contributed by atoms with Crippen LogP contribution in [0, 0.1) is 6.92 Å². The highest BCUT2D eigenvalue weighted by Crippen LogP contribution is 2.21. The van der Waals surface area contributed by atoms with E-state index >= 15 is 0 Å². The van der Waals surface area contributed by atoms with Crippen molar-refractivity contribution in [2.75, 3.05) is 27.3 Å². The van der Waals surface area contributed by atoms with Crippen LogP contribution in [0.2, 0.25) is 0 Å². The largest absolute Gasteiger partial charge is 0.388 e. The summed E-state index contributed by atoms with van der Waals surface area (Å²) in [5, 5.41) is 3.39. The third kappa shape index (κ3) is 4.02. The number of hydrogen-bond donors (Lipinski definition) is 1. The van der Waals surface area contributed by atoms with Crippen LogP contribution in [0.15, 0.2) is 24.3 Å². The molecule has 0 radical (unpaired) electrons. The quantitative estimate of drug-likeness (QED) is 0.763. The lowest BCUT2D eigenvalue weighted by atomic mass is 9.98. The van der Waals surface area contributed by atoms with Gasteiger partial charge in [0.2, 0.25) is 0 Å². The Morgan fingerprint density at radius 2 is 1.80 bits per heavy atom. The summed E-state index contributed by atoms with van der Waals surface area (Å²) in [5.74, 6) is 0.755. The van der Waals surface area contributed by atoms with Gasteiger partial charge in [-0.3, -0.25) is 0 Å². The molecule has 1 aromatic rings. The fourth-order valence-corrected chi connectivity index (χ4v) is 1.78. The SMILES string of the molecule is COC.Cc1ccc(C2CCNC2)cc1. The van der Waals surface area contributed by atoms with Gasteiger partial charge in [-0.1, -0.05) is 29.8 Å². The van der Waals surface area contributed by atoms with Gasteiger partial charge in [0, 0.05) is 20.8 Å². The minimum absolute atomic E-state index is 0.755. The Morgan fingerprint density at radius 1 is 1.20 bits per heavy atom. The maximum absolute atomic E-state index is 4.25. The number of nitrogens with one attached hydrogen (secondary N) is 1. The molecule has 2 rings (SSSR count). The number of methoxy groups -OCH3 is 1. The highest BCUT2D eigenvalue weighted by atomic mass is 16.4. The summed E-state index contributed by atoms with van der Waals surface area (Å²) in [4.78, 5) is 0. The Balaban J connectivity index is 0.000000337. The average molecular weight is 207 g/mol. The van der Waals surface area contributed by atoms with Crippen molar-refractivity contribution in [3.63, 3.8) is 0 Å². The van der Waals surface area contributed by atoms with E-state index in [1.54, 1.807) is 14.2 Å². The van der Waals surface area contributed by atoms with Crippen LogP contribution in [0.4, 0.5) is 0 Å². The van der Waals surface area contributed by atoms with Crippen LogP contribution in [0.1, 0.15) is 23.5 Å². The standard InChI is InChI=1S/C11H15N.C2H6O/c1-9-2-4-10(5-3-9)11-6-7-12-8-11;1-3-2/h2-5,11-12H,6-8H2,1H3;1-2H3. The Labute approximate surface area is 92.6 Å². The third-order valence-electron chi connectivity index (χ3n) is 2.61. The topological polar surface area (TPSA) is 21.3 Å². The summed E-state index contributed by atoms with van der Waals surface area (Å²) in [6.07, 6.45) is 1.29. The Morgan fingerprint density at radius 3 is 2.27 bits per heavy atom. The van der Waals surface area contributed by atoms with Gasteiger partial charge in [0.15, 0.2) is 0 Å². The van der Waals surface area contributed by atoms with Crippen molar-refractivity contribution in [2.45, 2.75) is 19.3 Å². The zero-order valence-corrected chi connectivity index (χ0v) is 9.92. The first-order chi connectivity index (χ1) is 7.27. The van der Waals surface area contributed by atoms with Crippen LogP contribution in [0.3, 0.4) is 0 Å². The summed E-state index contributed by atoms with van der Waals surface area (Å²) in [7, 11) is 3.25. The van der Waals surface area contributed by atoms with Crippen LogP contribution < -0.4 is 5.32 Å². The number of hydrogen-bond acceptors (Lipinski definition) is 2. The molecule has 0 amide bonds. The molecule has 0 aliphatic carbocycles. The second kappa shape index (κ2) is 6.59. The molecule has 1 heterocycles. The molecule has 2 nitrogen and oxygen atoms in total. The molecule has 15 heavy (non-hydrogen) atoms. The molecule has 1 aromatic carbocycles. The lowest BCUT2D eigenvalue weighted by Crippen LogP contribution is -2.07. The summed E-state index contributed by atoms with van der Waals surface area (Å²) >= 11 is 0. The van der Waals surface area contributed by atoms with Gasteiger partial charge in [0.25, 0.3) is 0 Å². The Hall–Kier alpha value is -0.860. The van der Waals surface area contributed by atoms with E-state index in [1.165, 1.54) is 24.1 Å². The minimum Gasteiger partial charge on any atom is -0.388 e. The maximum Gasteiger partial charge on any atom is 0.0351 e. The Bertz CT molecular complexity index is 262. The zero-order chi connectivity index (χ0) is 11.1. The van der Waals surface area contributed by atoms with Crippen molar-refractivity contribution >= 4 is 0 Å². The van der Waals surface area contributed by atoms with E-state index in [0.717, 1.165) is 12.5 Å². The average Bonchev–Trinajstić information content (AvgIpc) is 2.73. The Kier molecular flexibility index (Phi) is 5.37. The summed E-state index contributed by atoms with van der Waals surface area (Å²) in [6, 6.07) is 8.92. The molecular formula is C13H21NO. The summed E-state index contributed by atoms with van der Waals surface area (Å²) < 4.78 is 4.25. The molecule has 0 saturated carbocycles. The smallest absolute Gasteiger partial charge is 0.0351 e. The van der Waals surface area contributed by atoms with Gasteiger partial charge in [-0.05, 0) is 31.4 Å². The predicted octanol–water partition coefficient (Wildman–Crippen LogP) is 2.33. The first kappa shape index (κ1) is 12.2. The van der Waals surface area contributed by atoms with Gasteiger partial charge in [-0.25, -0.2) is 0 Å². The van der Waals surface area contributed by atoms with Crippen LogP contribution in [0.5, 0.6) is 0 Å². The fourth-order valence-electron chi connectivity index (χ4n) is 1.78. The molecule has 1 unspecified atom stereocenters. The van der Waals surface area contributed by atoms with E-state index in [2.05, 4.69) is 41.2 Å². The minimum atomic E-state index is 0.755. The number of rotatable bonds is 1. The first-order valence-corrected chi connectivity index (χ1v) is 5.45. The summed E-state index contributed by atoms with van der Waals surface area (Å²) in [6.45, 7) is 4.47. The number of aryl methyl sites for hydroxylation is 1.